The van der Waals surface area contributed by atoms with E-state index in [0.29, 0.717) is 18.0 Å². The van der Waals surface area contributed by atoms with Crippen molar-refractivity contribution >= 4 is 17.4 Å². The van der Waals surface area contributed by atoms with E-state index < -0.39 is 6.10 Å². The summed E-state index contributed by atoms with van der Waals surface area (Å²) in [4.78, 5) is 6.26. The van der Waals surface area contributed by atoms with Crippen LogP contribution in [0.3, 0.4) is 0 Å². The fourth-order valence-electron chi connectivity index (χ4n) is 2.63. The Morgan fingerprint density at radius 3 is 2.85 bits per heavy atom. The third-order valence-corrected chi connectivity index (χ3v) is 3.74. The second kappa shape index (κ2) is 5.38. The van der Waals surface area contributed by atoms with Crippen LogP contribution in [0.4, 0.5) is 10.2 Å². The second-order valence-electron chi connectivity index (χ2n) is 4.95. The number of hydrogen-bond acceptors (Lipinski definition) is 3. The number of pyridine rings is 1. The predicted octanol–water partition coefficient (Wildman–Crippen LogP) is 3.19. The minimum Gasteiger partial charge on any atom is -0.391 e. The number of nitrogens with zero attached hydrogens (tertiary/aromatic N) is 2. The molecular weight excluding hydrogens is 279 g/mol. The van der Waals surface area contributed by atoms with Crippen molar-refractivity contribution in [3.63, 3.8) is 0 Å². The van der Waals surface area contributed by atoms with Gasteiger partial charge in [-0.15, -0.1) is 0 Å². The predicted molar refractivity (Wildman–Crippen MR) is 76.4 cm³/mol. The molecule has 2 atom stereocenters. The van der Waals surface area contributed by atoms with Crippen LogP contribution in [-0.2, 0) is 0 Å². The molecule has 5 heteroatoms. The normalized spacial score (nSPS) is 22.2. The molecule has 0 amide bonds. The summed E-state index contributed by atoms with van der Waals surface area (Å²) in [5, 5.41) is 10.5. The van der Waals surface area contributed by atoms with Crippen molar-refractivity contribution in [3.05, 3.63) is 59.0 Å². The smallest absolute Gasteiger partial charge is 0.129 e. The van der Waals surface area contributed by atoms with E-state index in [1.807, 2.05) is 17.0 Å². The number of benzene rings is 1. The molecule has 0 saturated carbocycles. The molecule has 1 aliphatic rings. The monoisotopic (exact) mass is 292 g/mol. The van der Waals surface area contributed by atoms with Crippen molar-refractivity contribution in [1.82, 2.24) is 4.98 Å². The summed E-state index contributed by atoms with van der Waals surface area (Å²) in [6.45, 7) is 0.482. The van der Waals surface area contributed by atoms with E-state index in [1.165, 1.54) is 12.1 Å². The van der Waals surface area contributed by atoms with Crippen molar-refractivity contribution in [2.45, 2.75) is 18.6 Å². The Balaban J connectivity index is 1.94. The van der Waals surface area contributed by atoms with Gasteiger partial charge in [-0.1, -0.05) is 23.7 Å². The maximum Gasteiger partial charge on any atom is 0.129 e. The zero-order valence-corrected chi connectivity index (χ0v) is 11.5. The zero-order chi connectivity index (χ0) is 14.1. The van der Waals surface area contributed by atoms with Gasteiger partial charge in [0, 0.05) is 12.7 Å². The number of β-amino-alcohol motifs (C(OH)–C–C–N with tert-alkyl or cyclic N) is 1. The van der Waals surface area contributed by atoms with Gasteiger partial charge in [-0.25, -0.2) is 9.37 Å². The van der Waals surface area contributed by atoms with E-state index in [9.17, 15) is 9.50 Å². The van der Waals surface area contributed by atoms with Crippen LogP contribution in [0.2, 0.25) is 5.02 Å². The van der Waals surface area contributed by atoms with Crippen LogP contribution in [-0.4, -0.2) is 22.7 Å². The molecule has 0 spiro atoms. The second-order valence-corrected chi connectivity index (χ2v) is 5.38. The average molecular weight is 293 g/mol. The highest BCUT2D eigenvalue weighted by molar-refractivity contribution is 6.30. The summed E-state index contributed by atoms with van der Waals surface area (Å²) in [5.74, 6) is 0.466. The molecular formula is C15H14ClFN2O. The Kier molecular flexibility index (Phi) is 3.59. The molecule has 0 bridgehead atoms. The van der Waals surface area contributed by atoms with E-state index in [2.05, 4.69) is 4.98 Å². The molecule has 2 heterocycles. The van der Waals surface area contributed by atoms with Crippen molar-refractivity contribution in [3.8, 4) is 0 Å². The van der Waals surface area contributed by atoms with E-state index in [1.54, 1.807) is 18.3 Å². The molecule has 0 aliphatic carbocycles. The molecule has 1 fully saturated rings. The fourth-order valence-corrected chi connectivity index (χ4v) is 2.75. The first kappa shape index (κ1) is 13.3. The third-order valence-electron chi connectivity index (χ3n) is 3.52. The molecule has 1 N–H and O–H groups in total. The molecule has 3 nitrogen and oxygen atoms in total. The number of hydrogen-bond donors (Lipinski definition) is 1. The SMILES string of the molecule is OC1CC(c2cccc(F)c2)N(c2ccc(Cl)cn2)C1. The number of anilines is 1. The van der Waals surface area contributed by atoms with E-state index >= 15 is 0 Å². The summed E-state index contributed by atoms with van der Waals surface area (Å²) in [7, 11) is 0. The van der Waals surface area contributed by atoms with Gasteiger partial charge in [0.2, 0.25) is 0 Å². The maximum absolute atomic E-state index is 13.4. The minimum absolute atomic E-state index is 0.0747. The Morgan fingerprint density at radius 2 is 2.15 bits per heavy atom. The highest BCUT2D eigenvalue weighted by Crippen LogP contribution is 2.35. The van der Waals surface area contributed by atoms with Crippen LogP contribution < -0.4 is 4.90 Å². The number of aliphatic hydroxyl groups excluding tert-OH is 1. The highest BCUT2D eigenvalue weighted by atomic mass is 35.5. The van der Waals surface area contributed by atoms with Gasteiger partial charge in [0.25, 0.3) is 0 Å². The first-order valence-corrected chi connectivity index (χ1v) is 6.83. The number of halogens is 2. The van der Waals surface area contributed by atoms with Gasteiger partial charge < -0.3 is 10.0 Å². The Hall–Kier alpha value is -1.65. The lowest BCUT2D eigenvalue weighted by Crippen LogP contribution is -2.25. The first-order chi connectivity index (χ1) is 9.63. The lowest BCUT2D eigenvalue weighted by molar-refractivity contribution is 0.194. The maximum atomic E-state index is 13.4. The molecule has 104 valence electrons. The van der Waals surface area contributed by atoms with Crippen LogP contribution in [0.25, 0.3) is 0 Å². The Labute approximate surface area is 121 Å². The van der Waals surface area contributed by atoms with Crippen LogP contribution in [0.15, 0.2) is 42.6 Å². The van der Waals surface area contributed by atoms with E-state index in [-0.39, 0.29) is 11.9 Å². The summed E-state index contributed by atoms with van der Waals surface area (Å²) in [6.07, 6.45) is 1.69. The minimum atomic E-state index is -0.444. The van der Waals surface area contributed by atoms with Crippen molar-refractivity contribution in [2.75, 3.05) is 11.4 Å². The summed E-state index contributed by atoms with van der Waals surface area (Å²) in [5.41, 5.74) is 0.846. The van der Waals surface area contributed by atoms with Crippen molar-refractivity contribution in [2.24, 2.45) is 0 Å². The number of aliphatic hydroxyl groups is 1. The van der Waals surface area contributed by atoms with E-state index in [4.69, 9.17) is 11.6 Å². The molecule has 20 heavy (non-hydrogen) atoms. The van der Waals surface area contributed by atoms with Gasteiger partial charge in [0.1, 0.15) is 11.6 Å². The molecule has 1 aliphatic heterocycles. The molecule has 0 radical (unpaired) electrons. The van der Waals surface area contributed by atoms with Gasteiger partial charge in [-0.2, -0.15) is 0 Å². The Bertz CT molecular complexity index is 605. The highest BCUT2D eigenvalue weighted by Gasteiger charge is 2.33. The first-order valence-electron chi connectivity index (χ1n) is 6.45. The summed E-state index contributed by atoms with van der Waals surface area (Å²) in [6, 6.07) is 9.97. The van der Waals surface area contributed by atoms with Gasteiger partial charge >= 0.3 is 0 Å². The summed E-state index contributed by atoms with van der Waals surface area (Å²) < 4.78 is 13.4. The number of aromatic nitrogens is 1. The third kappa shape index (κ3) is 2.62. The summed E-state index contributed by atoms with van der Waals surface area (Å²) >= 11 is 5.84. The van der Waals surface area contributed by atoms with Crippen LogP contribution in [0.1, 0.15) is 18.0 Å². The topological polar surface area (TPSA) is 36.4 Å². The van der Waals surface area contributed by atoms with Gasteiger partial charge in [-0.05, 0) is 36.2 Å². The van der Waals surface area contributed by atoms with Gasteiger partial charge in [0.05, 0.1) is 17.2 Å². The molecule has 1 aromatic carbocycles. The van der Waals surface area contributed by atoms with Crippen molar-refractivity contribution in [1.29, 1.82) is 0 Å². The molecule has 1 aromatic heterocycles. The molecule has 1 saturated heterocycles. The largest absolute Gasteiger partial charge is 0.391 e. The lowest BCUT2D eigenvalue weighted by atomic mass is 10.0. The van der Waals surface area contributed by atoms with E-state index in [0.717, 1.165) is 11.4 Å². The quantitative estimate of drug-likeness (QED) is 0.923. The molecule has 2 unspecified atom stereocenters. The molecule has 2 aromatic rings. The fraction of sp³-hybridized carbons (Fsp3) is 0.267. The Morgan fingerprint density at radius 1 is 1.30 bits per heavy atom. The average Bonchev–Trinajstić information content (AvgIpc) is 2.82. The van der Waals surface area contributed by atoms with Crippen LogP contribution >= 0.6 is 11.6 Å². The zero-order valence-electron chi connectivity index (χ0n) is 10.7. The van der Waals surface area contributed by atoms with Gasteiger partial charge in [-0.3, -0.25) is 0 Å². The van der Waals surface area contributed by atoms with Crippen molar-refractivity contribution < 1.29 is 9.50 Å². The standard InChI is InChI=1S/C15H14ClFN2O/c16-11-4-5-15(18-8-11)19-9-13(20)7-14(19)10-2-1-3-12(17)6-10/h1-6,8,13-14,20H,7,9H2. The number of rotatable bonds is 2. The van der Waals surface area contributed by atoms with Gasteiger partial charge in [0.15, 0.2) is 0 Å². The van der Waals surface area contributed by atoms with Crippen LogP contribution in [0, 0.1) is 5.82 Å². The lowest BCUT2D eigenvalue weighted by Gasteiger charge is -2.25. The molecule has 3 rings (SSSR count). The van der Waals surface area contributed by atoms with Crippen LogP contribution in [0.5, 0.6) is 0 Å².